The average Bonchev–Trinajstić information content (AvgIpc) is 2.84. The van der Waals surface area contributed by atoms with Crippen LogP contribution in [0.2, 0.25) is 0 Å². The van der Waals surface area contributed by atoms with Gasteiger partial charge in [0.05, 0.1) is 11.0 Å². The van der Waals surface area contributed by atoms with Crippen LogP contribution in [0.25, 0.3) is 11.0 Å². The Morgan fingerprint density at radius 2 is 2.00 bits per heavy atom. The number of nitrogens with zero attached hydrogens (tertiary/aromatic N) is 2. The number of anilines is 1. The van der Waals surface area contributed by atoms with E-state index in [0.29, 0.717) is 6.42 Å². The average molecular weight is 344 g/mol. The van der Waals surface area contributed by atoms with Crippen LogP contribution in [0.1, 0.15) is 12.2 Å². The van der Waals surface area contributed by atoms with Crippen molar-refractivity contribution in [3.63, 3.8) is 0 Å². The monoisotopic (exact) mass is 344 g/mol. The highest BCUT2D eigenvalue weighted by molar-refractivity contribution is 6.39. The summed E-state index contributed by atoms with van der Waals surface area (Å²) in [6.45, 7) is 0.0107. The third kappa shape index (κ3) is 3.82. The molecule has 1 aromatic heterocycles. The molecule has 1 heterocycles. The normalized spacial score (nSPS) is 11.5. The van der Waals surface area contributed by atoms with Gasteiger partial charge in [-0.1, -0.05) is 0 Å². The van der Waals surface area contributed by atoms with Gasteiger partial charge in [-0.15, -0.1) is 0 Å². The molecule has 1 aromatic carbocycles. The number of amides is 2. The Bertz CT molecular complexity index is 770. The van der Waals surface area contributed by atoms with Crippen LogP contribution in [0.3, 0.4) is 0 Å². The smallest absolute Gasteiger partial charge is 0.396 e. The summed E-state index contributed by atoms with van der Waals surface area (Å²) in [5, 5.41) is 13.2. The van der Waals surface area contributed by atoms with Gasteiger partial charge < -0.3 is 20.3 Å². The Kier molecular flexibility index (Phi) is 5.07. The number of hydrogen-bond donors (Lipinski definition) is 3. The first-order valence-electron chi connectivity index (χ1n) is 6.97. The van der Waals surface area contributed by atoms with Gasteiger partial charge >= 0.3 is 18.0 Å². The summed E-state index contributed by atoms with van der Waals surface area (Å²) in [7, 11) is 1.24. The third-order valence-electron chi connectivity index (χ3n) is 3.22. The Balaban J connectivity index is 2.16. The molecular weight excluding hydrogens is 329 g/mol. The van der Waals surface area contributed by atoms with E-state index < -0.39 is 23.8 Å². The molecule has 0 atom stereocenters. The molecule has 0 unspecified atom stereocenters. The van der Waals surface area contributed by atoms with Gasteiger partial charge in [-0.2, -0.15) is 13.2 Å². The number of fused-ring (bicyclic) bond motifs is 1. The maximum absolute atomic E-state index is 12.8. The van der Waals surface area contributed by atoms with Gasteiger partial charge in [0.2, 0.25) is 5.82 Å². The van der Waals surface area contributed by atoms with Crippen LogP contribution >= 0.6 is 0 Å². The van der Waals surface area contributed by atoms with E-state index in [0.717, 1.165) is 4.57 Å². The molecule has 2 amide bonds. The van der Waals surface area contributed by atoms with Crippen LogP contribution in [0, 0.1) is 0 Å². The first-order valence-corrected chi connectivity index (χ1v) is 6.97. The van der Waals surface area contributed by atoms with Crippen molar-refractivity contribution in [2.45, 2.75) is 12.6 Å². The lowest BCUT2D eigenvalue weighted by atomic mass is 10.2. The summed E-state index contributed by atoms with van der Waals surface area (Å²) >= 11 is 0. The van der Waals surface area contributed by atoms with Crippen molar-refractivity contribution in [3.05, 3.63) is 24.0 Å². The number of halogens is 3. The van der Waals surface area contributed by atoms with Gasteiger partial charge in [0.1, 0.15) is 0 Å². The highest BCUT2D eigenvalue weighted by atomic mass is 19.4. The summed E-state index contributed by atoms with van der Waals surface area (Å²) in [5.74, 6) is -2.91. The van der Waals surface area contributed by atoms with Gasteiger partial charge in [0.15, 0.2) is 0 Å². The highest BCUT2D eigenvalue weighted by Gasteiger charge is 2.36. The SMILES string of the molecule is Cn1c(C(F)(F)F)nc2cc(NC(=O)C(=O)NCCCO)ccc21. The van der Waals surface area contributed by atoms with E-state index in [1.165, 1.54) is 25.2 Å². The summed E-state index contributed by atoms with van der Waals surface area (Å²) in [6.07, 6.45) is -4.29. The van der Waals surface area contributed by atoms with Crippen LogP contribution in [-0.2, 0) is 22.8 Å². The maximum atomic E-state index is 12.8. The van der Waals surface area contributed by atoms with Crippen LogP contribution < -0.4 is 10.6 Å². The summed E-state index contributed by atoms with van der Waals surface area (Å²) < 4.78 is 39.4. The van der Waals surface area contributed by atoms with E-state index in [2.05, 4.69) is 15.6 Å². The molecule has 0 spiro atoms. The molecule has 0 aliphatic rings. The number of aromatic nitrogens is 2. The number of imidazole rings is 1. The van der Waals surface area contributed by atoms with Crippen molar-refractivity contribution < 1.29 is 27.9 Å². The number of aryl methyl sites for hydroxylation is 1. The number of carbonyl (C=O) groups excluding carboxylic acids is 2. The zero-order chi connectivity index (χ0) is 17.9. The molecule has 2 aromatic rings. The van der Waals surface area contributed by atoms with Gasteiger partial charge in [-0.3, -0.25) is 9.59 Å². The predicted molar refractivity (Wildman–Crippen MR) is 79.1 cm³/mol. The van der Waals surface area contributed by atoms with E-state index in [9.17, 15) is 22.8 Å². The van der Waals surface area contributed by atoms with Crippen molar-refractivity contribution in [1.82, 2.24) is 14.9 Å². The molecule has 10 heteroatoms. The molecule has 0 radical (unpaired) electrons. The minimum atomic E-state index is -4.59. The van der Waals surface area contributed by atoms with E-state index in [1.54, 1.807) is 0 Å². The Hall–Kier alpha value is -2.62. The fourth-order valence-electron chi connectivity index (χ4n) is 2.08. The van der Waals surface area contributed by atoms with Gasteiger partial charge in [-0.25, -0.2) is 4.98 Å². The summed E-state index contributed by atoms with van der Waals surface area (Å²) in [6, 6.07) is 4.00. The Morgan fingerprint density at radius 1 is 1.29 bits per heavy atom. The number of nitrogens with one attached hydrogen (secondary N) is 2. The lowest BCUT2D eigenvalue weighted by molar-refractivity contribution is -0.146. The van der Waals surface area contributed by atoms with Crippen LogP contribution in [-0.4, -0.2) is 39.6 Å². The van der Waals surface area contributed by atoms with Gasteiger partial charge in [0.25, 0.3) is 0 Å². The second kappa shape index (κ2) is 6.87. The third-order valence-corrected chi connectivity index (χ3v) is 3.22. The van der Waals surface area contributed by atoms with E-state index in [-0.39, 0.29) is 29.9 Å². The second-order valence-electron chi connectivity index (χ2n) is 4.98. The minimum Gasteiger partial charge on any atom is -0.396 e. The summed E-state index contributed by atoms with van der Waals surface area (Å²) in [5.41, 5.74) is 0.438. The van der Waals surface area contributed by atoms with Crippen molar-refractivity contribution in [1.29, 1.82) is 0 Å². The highest BCUT2D eigenvalue weighted by Crippen LogP contribution is 2.31. The fourth-order valence-corrected chi connectivity index (χ4v) is 2.08. The fraction of sp³-hybridized carbons (Fsp3) is 0.357. The molecule has 3 N–H and O–H groups in total. The number of benzene rings is 1. The number of carbonyl (C=O) groups is 2. The van der Waals surface area contributed by atoms with Crippen molar-refractivity contribution in [3.8, 4) is 0 Å². The first kappa shape index (κ1) is 17.7. The van der Waals surface area contributed by atoms with E-state index in [4.69, 9.17) is 5.11 Å². The maximum Gasteiger partial charge on any atom is 0.449 e. The molecule has 0 bridgehead atoms. The zero-order valence-electron chi connectivity index (χ0n) is 12.6. The largest absolute Gasteiger partial charge is 0.449 e. The minimum absolute atomic E-state index is 0.0447. The molecule has 7 nitrogen and oxygen atoms in total. The van der Waals surface area contributed by atoms with E-state index >= 15 is 0 Å². The Labute approximate surface area is 134 Å². The zero-order valence-corrected chi connectivity index (χ0v) is 12.6. The predicted octanol–water partition coefficient (Wildman–Crippen LogP) is 1.03. The van der Waals surface area contributed by atoms with Crippen molar-refractivity contribution in [2.24, 2.45) is 7.05 Å². The van der Waals surface area contributed by atoms with Crippen LogP contribution in [0.15, 0.2) is 18.2 Å². The summed E-state index contributed by atoms with van der Waals surface area (Å²) in [4.78, 5) is 26.7. The standard InChI is InChI=1S/C14H15F3N4O3/c1-21-10-4-3-8(7-9(10)20-13(21)14(15,16)17)19-12(24)11(23)18-5-2-6-22/h3-4,7,22H,2,5-6H2,1H3,(H,18,23)(H,19,24). The quantitative estimate of drug-likeness (QED) is 0.570. The lowest BCUT2D eigenvalue weighted by Gasteiger charge is -2.06. The van der Waals surface area contributed by atoms with Crippen LogP contribution in [0.4, 0.5) is 18.9 Å². The molecule has 0 saturated carbocycles. The molecule has 130 valence electrons. The van der Waals surface area contributed by atoms with Crippen molar-refractivity contribution in [2.75, 3.05) is 18.5 Å². The van der Waals surface area contributed by atoms with E-state index in [1.807, 2.05) is 0 Å². The lowest BCUT2D eigenvalue weighted by Crippen LogP contribution is -2.36. The Morgan fingerprint density at radius 3 is 2.62 bits per heavy atom. The number of alkyl halides is 3. The topological polar surface area (TPSA) is 96.2 Å². The molecule has 24 heavy (non-hydrogen) atoms. The van der Waals surface area contributed by atoms with Gasteiger partial charge in [-0.05, 0) is 24.6 Å². The second-order valence-corrected chi connectivity index (χ2v) is 4.98. The molecule has 2 rings (SSSR count). The first-order chi connectivity index (χ1) is 11.2. The molecular formula is C14H15F3N4O3. The molecule has 0 aliphatic carbocycles. The number of hydrogen-bond acceptors (Lipinski definition) is 4. The number of aliphatic hydroxyl groups is 1. The van der Waals surface area contributed by atoms with Gasteiger partial charge in [0, 0.05) is 25.9 Å². The van der Waals surface area contributed by atoms with Crippen LogP contribution in [0.5, 0.6) is 0 Å². The molecule has 0 aliphatic heterocycles. The molecule has 0 fully saturated rings. The molecule has 0 saturated heterocycles. The number of rotatable bonds is 4. The van der Waals surface area contributed by atoms with Crippen molar-refractivity contribution >= 4 is 28.5 Å². The number of aliphatic hydroxyl groups excluding tert-OH is 1.